The molecule has 5 nitrogen and oxygen atoms in total. The van der Waals surface area contributed by atoms with Crippen LogP contribution in [0.25, 0.3) is 0 Å². The third kappa shape index (κ3) is 5.70. The zero-order chi connectivity index (χ0) is 21.0. The van der Waals surface area contributed by atoms with Crippen LogP contribution in [0.3, 0.4) is 0 Å². The van der Waals surface area contributed by atoms with E-state index < -0.39 is 6.10 Å². The lowest BCUT2D eigenvalue weighted by Crippen LogP contribution is -2.45. The molecule has 2 aromatic carbocycles. The van der Waals surface area contributed by atoms with Crippen LogP contribution < -0.4 is 9.64 Å². The highest BCUT2D eigenvalue weighted by atomic mass is 35.5. The van der Waals surface area contributed by atoms with Crippen LogP contribution in [0.5, 0.6) is 5.75 Å². The number of rotatable bonds is 7. The average Bonchev–Trinajstić information content (AvgIpc) is 2.81. The van der Waals surface area contributed by atoms with Gasteiger partial charge in [-0.25, -0.2) is 0 Å². The molecular formula is C23H31ClN2O3S. The lowest BCUT2D eigenvalue weighted by molar-refractivity contribution is -0.132. The molecule has 1 aliphatic rings. The molecule has 1 amide bonds. The van der Waals surface area contributed by atoms with Crippen molar-refractivity contribution in [3.05, 3.63) is 54.1 Å². The molecule has 1 aliphatic heterocycles. The van der Waals surface area contributed by atoms with Gasteiger partial charge in [0.1, 0.15) is 5.75 Å². The Balaban J connectivity index is 0.00000320. The summed E-state index contributed by atoms with van der Waals surface area (Å²) < 4.78 is 11.5. The maximum atomic E-state index is 13.7. The number of methoxy groups -OCH3 is 1. The quantitative estimate of drug-likeness (QED) is 0.614. The topological polar surface area (TPSA) is 42.0 Å². The number of hydrogen-bond acceptors (Lipinski definition) is 5. The fraction of sp³-hybridized carbons (Fsp3) is 0.435. The molecule has 0 unspecified atom stereocenters. The number of anilines is 1. The summed E-state index contributed by atoms with van der Waals surface area (Å²) in [6.07, 6.45) is -0.620. The van der Waals surface area contributed by atoms with E-state index >= 15 is 0 Å². The van der Waals surface area contributed by atoms with Crippen LogP contribution in [0.1, 0.15) is 24.7 Å². The molecule has 0 aliphatic carbocycles. The zero-order valence-corrected chi connectivity index (χ0v) is 19.8. The lowest BCUT2D eigenvalue weighted by Gasteiger charge is -2.30. The number of fused-ring (bicyclic) bond motifs is 1. The van der Waals surface area contributed by atoms with Crippen molar-refractivity contribution in [1.82, 2.24) is 4.90 Å². The number of hydrogen-bond donors (Lipinski definition) is 0. The van der Waals surface area contributed by atoms with Gasteiger partial charge in [0.05, 0.1) is 24.2 Å². The van der Waals surface area contributed by atoms with Gasteiger partial charge in [-0.3, -0.25) is 4.79 Å². The van der Waals surface area contributed by atoms with Gasteiger partial charge >= 0.3 is 0 Å². The fourth-order valence-electron chi connectivity index (χ4n) is 3.37. The van der Waals surface area contributed by atoms with E-state index in [1.165, 1.54) is 0 Å². The standard InChI is InChI=1S/C23H30N2O3S.ClH/c1-16(2)28-21-22(17-10-12-18(27-5)13-11-17)29-20-9-7-6-8-19(20)25(23(21)26)15-14-24(3)4;/h6-13,16,21-22H,14-15H2,1-5H3;1H/t21-,22+;/m1./s1. The van der Waals surface area contributed by atoms with E-state index in [1.807, 2.05) is 75.3 Å². The number of carbonyl (C=O) groups excluding carboxylic acids is 1. The largest absolute Gasteiger partial charge is 0.497 e. The molecule has 0 fully saturated rings. The number of amides is 1. The zero-order valence-electron chi connectivity index (χ0n) is 18.2. The number of halogens is 1. The molecule has 7 heteroatoms. The summed E-state index contributed by atoms with van der Waals surface area (Å²) in [5.41, 5.74) is 2.01. The summed E-state index contributed by atoms with van der Waals surface area (Å²) in [7, 11) is 5.69. The normalized spacial score (nSPS) is 18.8. The van der Waals surface area contributed by atoms with Crippen LogP contribution in [-0.2, 0) is 9.53 Å². The number of likely N-dealkylation sites (N-methyl/N-ethyl adjacent to an activating group) is 1. The maximum absolute atomic E-state index is 13.7. The van der Waals surface area contributed by atoms with E-state index in [4.69, 9.17) is 9.47 Å². The second-order valence-corrected chi connectivity index (χ2v) is 8.86. The van der Waals surface area contributed by atoms with E-state index in [0.29, 0.717) is 6.54 Å². The number of ether oxygens (including phenoxy) is 2. The highest BCUT2D eigenvalue weighted by Gasteiger charge is 2.39. The van der Waals surface area contributed by atoms with Crippen molar-refractivity contribution in [2.75, 3.05) is 39.2 Å². The maximum Gasteiger partial charge on any atom is 0.257 e. The van der Waals surface area contributed by atoms with Gasteiger partial charge in [-0.15, -0.1) is 24.2 Å². The molecule has 0 radical (unpaired) electrons. The molecule has 0 spiro atoms. The van der Waals surface area contributed by atoms with Crippen LogP contribution in [0.4, 0.5) is 5.69 Å². The van der Waals surface area contributed by atoms with Gasteiger partial charge in [0.25, 0.3) is 5.91 Å². The number of benzene rings is 2. The highest BCUT2D eigenvalue weighted by Crippen LogP contribution is 2.47. The Morgan fingerprint density at radius 2 is 1.77 bits per heavy atom. The average molecular weight is 451 g/mol. The van der Waals surface area contributed by atoms with E-state index in [1.54, 1.807) is 18.9 Å². The molecule has 2 aromatic rings. The minimum Gasteiger partial charge on any atom is -0.497 e. The van der Waals surface area contributed by atoms with Crippen molar-refractivity contribution in [2.45, 2.75) is 36.2 Å². The number of nitrogens with zero attached hydrogens (tertiary/aromatic N) is 2. The second-order valence-electron chi connectivity index (χ2n) is 7.68. The Hall–Kier alpha value is -1.73. The van der Waals surface area contributed by atoms with E-state index in [9.17, 15) is 4.79 Å². The molecule has 30 heavy (non-hydrogen) atoms. The molecule has 0 aromatic heterocycles. The van der Waals surface area contributed by atoms with Gasteiger partial charge in [-0.2, -0.15) is 0 Å². The minimum absolute atomic E-state index is 0. The van der Waals surface area contributed by atoms with E-state index in [-0.39, 0.29) is 29.7 Å². The Kier molecular flexibility index (Phi) is 9.04. The number of para-hydroxylation sites is 1. The number of carbonyl (C=O) groups is 1. The van der Waals surface area contributed by atoms with Gasteiger partial charge in [-0.05, 0) is 57.8 Å². The van der Waals surface area contributed by atoms with Crippen molar-refractivity contribution in [3.8, 4) is 5.75 Å². The Morgan fingerprint density at radius 1 is 1.10 bits per heavy atom. The lowest BCUT2D eigenvalue weighted by atomic mass is 10.1. The van der Waals surface area contributed by atoms with Gasteiger partial charge in [0.15, 0.2) is 6.10 Å². The highest BCUT2D eigenvalue weighted by molar-refractivity contribution is 7.99. The first-order valence-corrected chi connectivity index (χ1v) is 10.8. The Morgan fingerprint density at radius 3 is 2.37 bits per heavy atom. The number of thioether (sulfide) groups is 1. The third-order valence-electron chi connectivity index (χ3n) is 4.83. The first kappa shape index (κ1) is 24.5. The molecule has 1 heterocycles. The van der Waals surface area contributed by atoms with Crippen LogP contribution in [-0.4, -0.2) is 57.3 Å². The van der Waals surface area contributed by atoms with Crippen molar-refractivity contribution in [1.29, 1.82) is 0 Å². The summed E-state index contributed by atoms with van der Waals surface area (Å²) in [5.74, 6) is 0.812. The molecule has 0 saturated heterocycles. The SMILES string of the molecule is COc1ccc([C@@H]2Sc3ccccc3N(CCN(C)C)C(=O)[C@@H]2OC(C)C)cc1.Cl. The summed E-state index contributed by atoms with van der Waals surface area (Å²) in [4.78, 5) is 18.8. The molecule has 0 bridgehead atoms. The second kappa shape index (κ2) is 11.0. The van der Waals surface area contributed by atoms with Crippen molar-refractivity contribution in [2.24, 2.45) is 0 Å². The first-order valence-electron chi connectivity index (χ1n) is 9.92. The summed E-state index contributed by atoms with van der Waals surface area (Å²) in [5, 5.41) is -0.138. The fourth-order valence-corrected chi connectivity index (χ4v) is 4.70. The molecule has 0 saturated carbocycles. The van der Waals surface area contributed by atoms with Gasteiger partial charge in [0.2, 0.25) is 0 Å². The molecule has 2 atom stereocenters. The van der Waals surface area contributed by atoms with Crippen LogP contribution in [0.2, 0.25) is 0 Å². The van der Waals surface area contributed by atoms with Crippen molar-refractivity contribution < 1.29 is 14.3 Å². The molecular weight excluding hydrogens is 420 g/mol. The summed E-state index contributed by atoms with van der Waals surface area (Å²) in [6, 6.07) is 16.1. The monoisotopic (exact) mass is 450 g/mol. The third-order valence-corrected chi connectivity index (χ3v) is 6.20. The minimum atomic E-state index is -0.567. The van der Waals surface area contributed by atoms with E-state index in [2.05, 4.69) is 11.0 Å². The van der Waals surface area contributed by atoms with Crippen molar-refractivity contribution >= 4 is 35.8 Å². The van der Waals surface area contributed by atoms with Gasteiger partial charge in [-0.1, -0.05) is 24.3 Å². The summed E-state index contributed by atoms with van der Waals surface area (Å²) >= 11 is 1.69. The molecule has 3 rings (SSSR count). The Bertz CT molecular complexity index is 829. The van der Waals surface area contributed by atoms with E-state index in [0.717, 1.165) is 28.4 Å². The van der Waals surface area contributed by atoms with Crippen LogP contribution >= 0.6 is 24.2 Å². The smallest absolute Gasteiger partial charge is 0.257 e. The van der Waals surface area contributed by atoms with Crippen LogP contribution in [0.15, 0.2) is 53.4 Å². The van der Waals surface area contributed by atoms with Crippen LogP contribution in [0, 0.1) is 0 Å². The molecule has 164 valence electrons. The molecule has 0 N–H and O–H groups in total. The van der Waals surface area contributed by atoms with Gasteiger partial charge in [0, 0.05) is 18.0 Å². The van der Waals surface area contributed by atoms with Crippen molar-refractivity contribution in [3.63, 3.8) is 0 Å². The summed E-state index contributed by atoms with van der Waals surface area (Å²) in [6.45, 7) is 5.36. The Labute approximate surface area is 190 Å². The van der Waals surface area contributed by atoms with Gasteiger partial charge < -0.3 is 19.3 Å². The first-order chi connectivity index (χ1) is 13.9. The predicted molar refractivity (Wildman–Crippen MR) is 126 cm³/mol. The predicted octanol–water partition coefficient (Wildman–Crippen LogP) is 4.65.